The second-order valence-corrected chi connectivity index (χ2v) is 7.92. The summed E-state index contributed by atoms with van der Waals surface area (Å²) in [6, 6.07) is 7.19. The first-order chi connectivity index (χ1) is 14.2. The van der Waals surface area contributed by atoms with E-state index in [2.05, 4.69) is 0 Å². The van der Waals surface area contributed by atoms with Crippen molar-refractivity contribution >= 4 is 57.9 Å². The van der Waals surface area contributed by atoms with Gasteiger partial charge in [0.15, 0.2) is 5.75 Å². The number of benzene rings is 2. The normalized spacial score (nSPS) is 15.2. The third kappa shape index (κ3) is 4.53. The van der Waals surface area contributed by atoms with Crippen molar-refractivity contribution in [2.75, 3.05) is 6.61 Å². The standard InChI is InChI=1S/C19H14Cl2N2O6S/c1-2-29-15-6-10(5-14(17(15)24)23(27)28)7-16-18(25)22(19(26)30-16)9-11-3-4-12(20)8-13(11)21/h3-8,24H,2,9H2,1H3/b16-7-. The molecule has 0 atom stereocenters. The maximum Gasteiger partial charge on any atom is 0.315 e. The SMILES string of the molecule is CCOc1cc(/C=C2\SC(=O)N(Cc3ccc(Cl)cc3Cl)C2=O)cc([N+](=O)[O-])c1O. The first-order valence-corrected chi connectivity index (χ1v) is 10.1. The van der Waals surface area contributed by atoms with Crippen LogP contribution in [0.3, 0.4) is 0 Å². The summed E-state index contributed by atoms with van der Waals surface area (Å²) in [4.78, 5) is 36.6. The molecule has 1 heterocycles. The fourth-order valence-electron chi connectivity index (χ4n) is 2.71. The Morgan fingerprint density at radius 2 is 2.00 bits per heavy atom. The summed E-state index contributed by atoms with van der Waals surface area (Å²) in [5.41, 5.74) is 0.209. The highest BCUT2D eigenvalue weighted by atomic mass is 35.5. The zero-order valence-electron chi connectivity index (χ0n) is 15.4. The van der Waals surface area contributed by atoms with E-state index >= 15 is 0 Å². The van der Waals surface area contributed by atoms with Gasteiger partial charge in [-0.25, -0.2) is 0 Å². The van der Waals surface area contributed by atoms with Crippen molar-refractivity contribution in [1.82, 2.24) is 4.90 Å². The van der Waals surface area contributed by atoms with E-state index in [0.717, 1.165) is 11.0 Å². The van der Waals surface area contributed by atoms with E-state index in [0.29, 0.717) is 27.4 Å². The minimum Gasteiger partial charge on any atom is -0.500 e. The molecular formula is C19H14Cl2N2O6S. The van der Waals surface area contributed by atoms with Gasteiger partial charge in [0, 0.05) is 16.1 Å². The number of nitro groups is 1. The van der Waals surface area contributed by atoms with E-state index < -0.39 is 27.5 Å². The molecule has 1 aliphatic heterocycles. The molecule has 2 amide bonds. The lowest BCUT2D eigenvalue weighted by Crippen LogP contribution is -2.27. The number of nitro benzene ring substituents is 1. The van der Waals surface area contributed by atoms with Crippen LogP contribution in [0.5, 0.6) is 11.5 Å². The Balaban J connectivity index is 1.92. The van der Waals surface area contributed by atoms with Gasteiger partial charge in [0.25, 0.3) is 11.1 Å². The summed E-state index contributed by atoms with van der Waals surface area (Å²) in [5.74, 6) is -1.26. The monoisotopic (exact) mass is 468 g/mol. The molecule has 0 bridgehead atoms. The number of ether oxygens (including phenoxy) is 1. The van der Waals surface area contributed by atoms with Crippen LogP contribution in [0.2, 0.25) is 10.0 Å². The zero-order chi connectivity index (χ0) is 22.0. The van der Waals surface area contributed by atoms with Crippen molar-refractivity contribution in [1.29, 1.82) is 0 Å². The van der Waals surface area contributed by atoms with Crippen LogP contribution in [0.1, 0.15) is 18.1 Å². The number of aromatic hydroxyl groups is 1. The third-order valence-corrected chi connectivity index (χ3v) is 5.58. The van der Waals surface area contributed by atoms with Crippen LogP contribution in [0, 0.1) is 10.1 Å². The second-order valence-electron chi connectivity index (χ2n) is 6.08. The van der Waals surface area contributed by atoms with Crippen molar-refractivity contribution < 1.29 is 24.4 Å². The Bertz CT molecular complexity index is 1090. The number of amides is 2. The van der Waals surface area contributed by atoms with E-state index in [1.54, 1.807) is 19.1 Å². The number of halogens is 2. The third-order valence-electron chi connectivity index (χ3n) is 4.09. The first-order valence-electron chi connectivity index (χ1n) is 8.54. The number of imide groups is 1. The van der Waals surface area contributed by atoms with Crippen LogP contribution in [-0.2, 0) is 11.3 Å². The average Bonchev–Trinajstić information content (AvgIpc) is 2.93. The number of phenols is 1. The molecule has 1 fully saturated rings. The number of hydrogen-bond acceptors (Lipinski definition) is 7. The molecule has 30 heavy (non-hydrogen) atoms. The van der Waals surface area contributed by atoms with E-state index in [9.17, 15) is 24.8 Å². The zero-order valence-corrected chi connectivity index (χ0v) is 17.8. The van der Waals surface area contributed by atoms with Crippen LogP contribution >= 0.6 is 35.0 Å². The molecule has 0 saturated carbocycles. The predicted molar refractivity (Wildman–Crippen MR) is 114 cm³/mol. The van der Waals surface area contributed by atoms with Gasteiger partial charge in [0.05, 0.1) is 23.0 Å². The number of rotatable bonds is 6. The van der Waals surface area contributed by atoms with Crippen molar-refractivity contribution in [2.24, 2.45) is 0 Å². The second kappa shape index (κ2) is 8.95. The van der Waals surface area contributed by atoms with Crippen LogP contribution in [0.4, 0.5) is 10.5 Å². The summed E-state index contributed by atoms with van der Waals surface area (Å²) in [6.07, 6.45) is 1.34. The highest BCUT2D eigenvalue weighted by Gasteiger charge is 2.35. The minimum absolute atomic E-state index is 0.0437. The summed E-state index contributed by atoms with van der Waals surface area (Å²) in [6.45, 7) is 1.79. The highest BCUT2D eigenvalue weighted by Crippen LogP contribution is 2.40. The number of nitrogens with zero attached hydrogens (tertiary/aromatic N) is 2. The number of carbonyl (C=O) groups is 2. The molecule has 0 radical (unpaired) electrons. The smallest absolute Gasteiger partial charge is 0.315 e. The molecule has 1 saturated heterocycles. The van der Waals surface area contributed by atoms with Gasteiger partial charge in [0.2, 0.25) is 5.75 Å². The maximum atomic E-state index is 12.7. The molecule has 1 aliphatic rings. The van der Waals surface area contributed by atoms with Gasteiger partial charge in [-0.05, 0) is 54.1 Å². The first kappa shape index (κ1) is 21.9. The molecule has 1 N–H and O–H groups in total. The van der Waals surface area contributed by atoms with Gasteiger partial charge < -0.3 is 9.84 Å². The molecule has 2 aromatic rings. The molecule has 0 spiro atoms. The fraction of sp³-hybridized carbons (Fsp3) is 0.158. The lowest BCUT2D eigenvalue weighted by Gasteiger charge is -2.13. The summed E-state index contributed by atoms with van der Waals surface area (Å²) >= 11 is 12.7. The molecule has 0 aliphatic carbocycles. The predicted octanol–water partition coefficient (Wildman–Crippen LogP) is 5.24. The minimum atomic E-state index is -0.760. The van der Waals surface area contributed by atoms with Crippen LogP contribution < -0.4 is 4.74 Å². The van der Waals surface area contributed by atoms with E-state index in [1.807, 2.05) is 0 Å². The van der Waals surface area contributed by atoms with Crippen LogP contribution in [0.15, 0.2) is 35.2 Å². The van der Waals surface area contributed by atoms with Gasteiger partial charge in [-0.15, -0.1) is 0 Å². The van der Waals surface area contributed by atoms with E-state index in [4.69, 9.17) is 27.9 Å². The summed E-state index contributed by atoms with van der Waals surface area (Å²) < 4.78 is 5.23. The molecular weight excluding hydrogens is 455 g/mol. The van der Waals surface area contributed by atoms with Crippen molar-refractivity contribution in [3.63, 3.8) is 0 Å². The molecule has 0 aromatic heterocycles. The van der Waals surface area contributed by atoms with Gasteiger partial charge in [0.1, 0.15) is 0 Å². The summed E-state index contributed by atoms with van der Waals surface area (Å²) in [7, 11) is 0. The number of hydrogen-bond donors (Lipinski definition) is 1. The van der Waals surface area contributed by atoms with Crippen molar-refractivity contribution in [2.45, 2.75) is 13.5 Å². The van der Waals surface area contributed by atoms with Gasteiger partial charge in [-0.1, -0.05) is 29.3 Å². The Kier molecular flexibility index (Phi) is 6.55. The average molecular weight is 469 g/mol. The van der Waals surface area contributed by atoms with Gasteiger partial charge in [-0.3, -0.25) is 24.6 Å². The number of phenolic OH excluding ortho intramolecular Hbond substituents is 1. The highest BCUT2D eigenvalue weighted by molar-refractivity contribution is 8.18. The number of thioether (sulfide) groups is 1. The molecule has 11 heteroatoms. The lowest BCUT2D eigenvalue weighted by molar-refractivity contribution is -0.386. The molecule has 0 unspecified atom stereocenters. The van der Waals surface area contributed by atoms with E-state index in [1.165, 1.54) is 18.2 Å². The Morgan fingerprint density at radius 1 is 1.27 bits per heavy atom. The van der Waals surface area contributed by atoms with Crippen molar-refractivity contribution in [3.05, 3.63) is 66.5 Å². The molecule has 156 valence electrons. The lowest BCUT2D eigenvalue weighted by atomic mass is 10.1. The Morgan fingerprint density at radius 3 is 2.63 bits per heavy atom. The summed E-state index contributed by atoms with van der Waals surface area (Å²) in [5, 5.41) is 21.4. The van der Waals surface area contributed by atoms with Crippen LogP contribution in [0.25, 0.3) is 6.08 Å². The molecule has 3 rings (SSSR count). The largest absolute Gasteiger partial charge is 0.500 e. The van der Waals surface area contributed by atoms with Gasteiger partial charge in [-0.2, -0.15) is 0 Å². The van der Waals surface area contributed by atoms with Gasteiger partial charge >= 0.3 is 5.69 Å². The Hall–Kier alpha value is -2.75. The quantitative estimate of drug-likeness (QED) is 0.350. The molecule has 2 aromatic carbocycles. The Labute approximate surface area is 185 Å². The fourth-order valence-corrected chi connectivity index (χ4v) is 4.02. The van der Waals surface area contributed by atoms with Crippen molar-refractivity contribution in [3.8, 4) is 11.5 Å². The maximum absolute atomic E-state index is 12.7. The van der Waals surface area contributed by atoms with E-state index in [-0.39, 0.29) is 29.4 Å². The number of carbonyl (C=O) groups excluding carboxylic acids is 2. The van der Waals surface area contributed by atoms with Crippen LogP contribution in [-0.4, -0.2) is 32.7 Å². The molecule has 8 nitrogen and oxygen atoms in total. The topological polar surface area (TPSA) is 110 Å².